The number of carbonyl (C=O) groups is 2. The summed E-state index contributed by atoms with van der Waals surface area (Å²) in [4.78, 5) is 23.1. The maximum absolute atomic E-state index is 12.3. The van der Waals surface area contributed by atoms with Crippen LogP contribution in [-0.4, -0.2) is 90.5 Å². The highest BCUT2D eigenvalue weighted by atomic mass is 35.5. The van der Waals surface area contributed by atoms with Gasteiger partial charge >= 0.3 is 5.97 Å². The highest BCUT2D eigenvalue weighted by Crippen LogP contribution is 2.29. The van der Waals surface area contributed by atoms with Gasteiger partial charge in [-0.2, -0.15) is 0 Å². The van der Waals surface area contributed by atoms with Crippen LogP contribution in [0.4, 0.5) is 0 Å². The Balaban J connectivity index is 1.41. The maximum Gasteiger partial charge on any atom is 0.306 e. The minimum Gasteiger partial charge on any atom is -0.487 e. The van der Waals surface area contributed by atoms with Crippen LogP contribution in [0.2, 0.25) is 0 Å². The van der Waals surface area contributed by atoms with E-state index < -0.39 is 0 Å². The van der Waals surface area contributed by atoms with Crippen molar-refractivity contribution in [2.75, 3.05) is 79.3 Å². The lowest BCUT2D eigenvalue weighted by Crippen LogP contribution is -2.15. The maximum atomic E-state index is 12.3. The number of benzene rings is 2. The molecule has 0 spiro atoms. The van der Waals surface area contributed by atoms with E-state index in [4.69, 9.17) is 54.2 Å². The Kier molecular flexibility index (Phi) is 20.4. The minimum absolute atomic E-state index is 0.138. The average Bonchev–Trinajstić information content (AvgIpc) is 3.07. The first-order chi connectivity index (χ1) is 23.1. The van der Waals surface area contributed by atoms with Crippen LogP contribution in [0.15, 0.2) is 42.5 Å². The fraction of sp³-hybridized carbons (Fsp3) is 0.600. The van der Waals surface area contributed by atoms with Crippen LogP contribution in [0.1, 0.15) is 56.9 Å². The number of para-hydroxylation sites is 2. The largest absolute Gasteiger partial charge is 0.487 e. The minimum atomic E-state index is -0.284. The molecule has 3 rings (SSSR count). The third-order valence-corrected chi connectivity index (χ3v) is 7.14. The molecule has 11 nitrogen and oxygen atoms in total. The van der Waals surface area contributed by atoms with Crippen molar-refractivity contribution in [3.63, 3.8) is 0 Å². The average molecular weight is 681 g/mol. The molecule has 0 aromatic heterocycles. The molecule has 0 bridgehead atoms. The SMILES string of the molecule is O=C(Cl)CCCCCCCCC(=O)OCc1ccc2c(c1)OCCOCCOCCOc1ccccc1OCCOCCOCCO2. The lowest BCUT2D eigenvalue weighted by molar-refractivity contribution is -0.145. The molecule has 2 aromatic carbocycles. The van der Waals surface area contributed by atoms with E-state index in [0.717, 1.165) is 44.1 Å². The van der Waals surface area contributed by atoms with Crippen molar-refractivity contribution in [3.05, 3.63) is 48.0 Å². The molecule has 0 atom stereocenters. The van der Waals surface area contributed by atoms with Crippen molar-refractivity contribution in [1.82, 2.24) is 0 Å². The van der Waals surface area contributed by atoms with Gasteiger partial charge in [0.15, 0.2) is 23.0 Å². The number of hydrogen-bond acceptors (Lipinski definition) is 11. The molecule has 47 heavy (non-hydrogen) atoms. The van der Waals surface area contributed by atoms with Gasteiger partial charge in [0, 0.05) is 12.8 Å². The normalized spacial score (nSPS) is 16.0. The number of halogens is 1. The molecular weight excluding hydrogens is 632 g/mol. The third kappa shape index (κ3) is 18.1. The van der Waals surface area contributed by atoms with Crippen molar-refractivity contribution in [3.8, 4) is 23.0 Å². The lowest BCUT2D eigenvalue weighted by Gasteiger charge is -2.15. The smallest absolute Gasteiger partial charge is 0.306 e. The summed E-state index contributed by atoms with van der Waals surface area (Å²) in [6.07, 6.45) is 6.32. The molecule has 0 saturated carbocycles. The summed E-state index contributed by atoms with van der Waals surface area (Å²) in [6, 6.07) is 13.0. The van der Waals surface area contributed by atoms with Gasteiger partial charge in [-0.15, -0.1) is 0 Å². The molecule has 1 aliphatic rings. The van der Waals surface area contributed by atoms with Crippen molar-refractivity contribution < 1.29 is 52.2 Å². The molecule has 0 saturated heterocycles. The van der Waals surface area contributed by atoms with Crippen LogP contribution in [-0.2, 0) is 39.9 Å². The molecule has 0 N–H and O–H groups in total. The van der Waals surface area contributed by atoms with Gasteiger partial charge in [-0.1, -0.05) is 43.9 Å². The highest BCUT2D eigenvalue weighted by Gasteiger charge is 2.11. The topological polar surface area (TPSA) is 117 Å². The van der Waals surface area contributed by atoms with E-state index in [0.29, 0.717) is 115 Å². The number of fused-ring (bicyclic) bond motifs is 2. The number of hydrogen-bond donors (Lipinski definition) is 0. The van der Waals surface area contributed by atoms with Crippen LogP contribution in [0.5, 0.6) is 23.0 Å². The van der Waals surface area contributed by atoms with Crippen molar-refractivity contribution in [2.24, 2.45) is 0 Å². The Morgan fingerprint density at radius 2 is 0.957 bits per heavy atom. The van der Waals surface area contributed by atoms with E-state index in [-0.39, 0.29) is 17.8 Å². The zero-order valence-electron chi connectivity index (χ0n) is 27.3. The fourth-order valence-corrected chi connectivity index (χ4v) is 4.66. The van der Waals surface area contributed by atoms with E-state index in [9.17, 15) is 9.59 Å². The second-order valence-electron chi connectivity index (χ2n) is 10.7. The van der Waals surface area contributed by atoms with Crippen LogP contribution in [0.3, 0.4) is 0 Å². The Bertz CT molecular complexity index is 1150. The van der Waals surface area contributed by atoms with Gasteiger partial charge in [0.2, 0.25) is 5.24 Å². The van der Waals surface area contributed by atoms with Gasteiger partial charge in [0.1, 0.15) is 33.0 Å². The Morgan fingerprint density at radius 1 is 0.532 bits per heavy atom. The molecular formula is C35H49ClO11. The van der Waals surface area contributed by atoms with E-state index in [1.165, 1.54) is 0 Å². The van der Waals surface area contributed by atoms with Crippen LogP contribution < -0.4 is 18.9 Å². The van der Waals surface area contributed by atoms with E-state index in [1.807, 2.05) is 36.4 Å². The van der Waals surface area contributed by atoms with E-state index in [2.05, 4.69) is 0 Å². The Hall–Kier alpha value is -3.09. The summed E-state index contributed by atoms with van der Waals surface area (Å²) in [6.45, 7) is 4.77. The standard InChI is InChI=1S/C35H49ClO11/c36-34(37)11-5-3-1-2-4-6-12-35(38)47-28-29-13-14-32-33(27-29)46-26-22-42-18-17-40-20-24-44-31-10-8-7-9-30(31)43-23-19-39-15-16-41-21-25-45-32/h7-10,13-14,27H,1-6,11-12,15-26,28H2. The van der Waals surface area contributed by atoms with Crippen molar-refractivity contribution >= 4 is 22.8 Å². The quantitative estimate of drug-likeness (QED) is 0.160. The molecule has 1 aliphatic heterocycles. The number of carbonyl (C=O) groups excluding carboxylic acids is 2. The summed E-state index contributed by atoms with van der Waals surface area (Å²) in [7, 11) is 0. The van der Waals surface area contributed by atoms with Crippen molar-refractivity contribution in [1.29, 1.82) is 0 Å². The number of ether oxygens (including phenoxy) is 9. The monoisotopic (exact) mass is 680 g/mol. The zero-order valence-corrected chi connectivity index (χ0v) is 28.0. The first kappa shape index (κ1) is 38.4. The first-order valence-electron chi connectivity index (χ1n) is 16.5. The summed E-state index contributed by atoms with van der Waals surface area (Å²) in [5.41, 5.74) is 0.791. The Labute approximate surface area is 283 Å². The molecule has 262 valence electrons. The first-order valence-corrected chi connectivity index (χ1v) is 16.9. The van der Waals surface area contributed by atoms with Gasteiger partial charge < -0.3 is 42.6 Å². The summed E-state index contributed by atoms with van der Waals surface area (Å²) in [5.74, 6) is 2.17. The molecule has 0 aliphatic carbocycles. The molecule has 0 unspecified atom stereocenters. The highest BCUT2D eigenvalue weighted by molar-refractivity contribution is 6.63. The number of rotatable bonds is 11. The molecule has 0 fully saturated rings. The number of esters is 1. The van der Waals surface area contributed by atoms with Crippen LogP contribution >= 0.6 is 11.6 Å². The van der Waals surface area contributed by atoms with E-state index in [1.54, 1.807) is 6.07 Å². The zero-order chi connectivity index (χ0) is 33.2. The summed E-state index contributed by atoms with van der Waals surface area (Å²) < 4.78 is 51.6. The second kappa shape index (κ2) is 25.0. The predicted octanol–water partition coefficient (Wildman–Crippen LogP) is 5.91. The van der Waals surface area contributed by atoms with Crippen LogP contribution in [0, 0.1) is 0 Å². The predicted molar refractivity (Wildman–Crippen MR) is 176 cm³/mol. The van der Waals surface area contributed by atoms with Gasteiger partial charge in [-0.05, 0) is 54.3 Å². The number of unbranched alkanes of at least 4 members (excludes halogenated alkanes) is 5. The molecule has 12 heteroatoms. The molecule has 0 radical (unpaired) electrons. The second-order valence-corrected chi connectivity index (χ2v) is 11.1. The molecule has 0 amide bonds. The van der Waals surface area contributed by atoms with Gasteiger partial charge in [-0.3, -0.25) is 9.59 Å². The summed E-state index contributed by atoms with van der Waals surface area (Å²) in [5, 5.41) is -0.284. The van der Waals surface area contributed by atoms with Gasteiger partial charge in [-0.25, -0.2) is 0 Å². The van der Waals surface area contributed by atoms with Gasteiger partial charge in [0.25, 0.3) is 0 Å². The lowest BCUT2D eigenvalue weighted by atomic mass is 10.1. The fourth-order valence-electron chi connectivity index (χ4n) is 4.53. The Morgan fingerprint density at radius 3 is 1.47 bits per heavy atom. The van der Waals surface area contributed by atoms with Gasteiger partial charge in [0.05, 0.1) is 52.9 Å². The third-order valence-electron chi connectivity index (χ3n) is 6.95. The van der Waals surface area contributed by atoms with Crippen molar-refractivity contribution in [2.45, 2.75) is 58.0 Å². The van der Waals surface area contributed by atoms with Crippen LogP contribution in [0.25, 0.3) is 0 Å². The molecule has 1 heterocycles. The summed E-state index contributed by atoms with van der Waals surface area (Å²) >= 11 is 5.36. The van der Waals surface area contributed by atoms with E-state index >= 15 is 0 Å². The molecule has 2 aromatic rings.